The lowest BCUT2D eigenvalue weighted by molar-refractivity contribution is -0.154. The number of carbonyl (C=O) groups excluding carboxylic acids is 1. The first-order valence-corrected chi connectivity index (χ1v) is 7.84. The van der Waals surface area contributed by atoms with Gasteiger partial charge in [0, 0.05) is 26.2 Å². The van der Waals surface area contributed by atoms with Crippen molar-refractivity contribution in [2.75, 3.05) is 13.7 Å². The van der Waals surface area contributed by atoms with Crippen molar-refractivity contribution in [3.8, 4) is 0 Å². The molecule has 3 unspecified atom stereocenters. The molecule has 5 nitrogen and oxygen atoms in total. The second-order valence-electron chi connectivity index (χ2n) is 6.03. The highest BCUT2D eigenvalue weighted by Gasteiger charge is 2.42. The predicted octanol–water partition coefficient (Wildman–Crippen LogP) is 2.75. The number of halogens is 2. The lowest BCUT2D eigenvalue weighted by Crippen LogP contribution is -2.49. The lowest BCUT2D eigenvalue weighted by Gasteiger charge is -2.43. The average molecular weight is 341 g/mol. The number of carbonyl (C=O) groups is 2. The molecule has 3 atom stereocenters. The fraction of sp³-hybridized carbons (Fsp3) is 0.529. The average Bonchev–Trinajstić information content (AvgIpc) is 2.54. The molecule has 7 heteroatoms. The molecule has 24 heavy (non-hydrogen) atoms. The summed E-state index contributed by atoms with van der Waals surface area (Å²) in [5.41, 5.74) is 0.290. The Bertz CT molecular complexity index is 623. The summed E-state index contributed by atoms with van der Waals surface area (Å²) >= 11 is 0. The summed E-state index contributed by atoms with van der Waals surface area (Å²) < 4.78 is 31.9. The van der Waals surface area contributed by atoms with Gasteiger partial charge in [-0.25, -0.2) is 8.78 Å². The standard InChI is InChI=1S/C17H21F2NO4/c1-10(7-8-24-2)20-15(21)6-4-12(17(22)23)16(20)11-3-5-13(18)14(19)9-11/h3,5,9-10,12,16H,4,6-8H2,1-2H3,(H,22,23). The number of aliphatic carboxylic acids is 1. The van der Waals surface area contributed by atoms with Crippen molar-refractivity contribution in [1.82, 2.24) is 4.90 Å². The topological polar surface area (TPSA) is 66.8 Å². The van der Waals surface area contributed by atoms with Gasteiger partial charge in [0.2, 0.25) is 5.91 Å². The molecule has 1 heterocycles. The van der Waals surface area contributed by atoms with Crippen LogP contribution in [0.5, 0.6) is 0 Å². The quantitative estimate of drug-likeness (QED) is 0.864. The van der Waals surface area contributed by atoms with Crippen LogP contribution in [0.1, 0.15) is 37.8 Å². The van der Waals surface area contributed by atoms with Crippen molar-refractivity contribution in [2.24, 2.45) is 5.92 Å². The number of likely N-dealkylation sites (tertiary alicyclic amines) is 1. The SMILES string of the molecule is COCCC(C)N1C(=O)CCC(C(=O)O)C1c1ccc(F)c(F)c1. The van der Waals surface area contributed by atoms with E-state index in [1.165, 1.54) is 18.1 Å². The first-order chi connectivity index (χ1) is 11.4. The van der Waals surface area contributed by atoms with E-state index in [1.807, 2.05) is 0 Å². The monoisotopic (exact) mass is 341 g/mol. The summed E-state index contributed by atoms with van der Waals surface area (Å²) in [4.78, 5) is 25.6. The van der Waals surface area contributed by atoms with Crippen LogP contribution >= 0.6 is 0 Å². The van der Waals surface area contributed by atoms with Gasteiger partial charge in [-0.1, -0.05) is 6.07 Å². The number of ether oxygens (including phenoxy) is 1. The Balaban J connectivity index is 2.44. The van der Waals surface area contributed by atoms with E-state index >= 15 is 0 Å². The lowest BCUT2D eigenvalue weighted by atomic mass is 9.83. The largest absolute Gasteiger partial charge is 0.481 e. The highest BCUT2D eigenvalue weighted by atomic mass is 19.2. The minimum Gasteiger partial charge on any atom is -0.481 e. The van der Waals surface area contributed by atoms with Crippen LogP contribution in [-0.4, -0.2) is 41.6 Å². The molecule has 1 aromatic carbocycles. The van der Waals surface area contributed by atoms with Crippen LogP contribution in [0.3, 0.4) is 0 Å². The number of carboxylic acids is 1. The number of nitrogens with zero attached hydrogens (tertiary/aromatic N) is 1. The van der Waals surface area contributed by atoms with Gasteiger partial charge in [-0.3, -0.25) is 9.59 Å². The number of benzene rings is 1. The molecule has 1 N–H and O–H groups in total. The summed E-state index contributed by atoms with van der Waals surface area (Å²) in [6.07, 6.45) is 0.814. The predicted molar refractivity (Wildman–Crippen MR) is 82.3 cm³/mol. The van der Waals surface area contributed by atoms with Gasteiger partial charge in [0.05, 0.1) is 12.0 Å². The number of hydrogen-bond acceptors (Lipinski definition) is 3. The van der Waals surface area contributed by atoms with Crippen LogP contribution in [0.15, 0.2) is 18.2 Å². The first kappa shape index (κ1) is 18.3. The third kappa shape index (κ3) is 3.72. The van der Waals surface area contributed by atoms with E-state index in [0.717, 1.165) is 12.1 Å². The zero-order valence-corrected chi connectivity index (χ0v) is 13.7. The van der Waals surface area contributed by atoms with Crippen LogP contribution in [0.25, 0.3) is 0 Å². The van der Waals surface area contributed by atoms with Crippen LogP contribution < -0.4 is 0 Å². The molecule has 1 aromatic rings. The smallest absolute Gasteiger partial charge is 0.308 e. The maximum absolute atomic E-state index is 13.6. The Morgan fingerprint density at radius 1 is 1.42 bits per heavy atom. The highest BCUT2D eigenvalue weighted by Crippen LogP contribution is 2.39. The first-order valence-electron chi connectivity index (χ1n) is 7.84. The van der Waals surface area contributed by atoms with Gasteiger partial charge < -0.3 is 14.7 Å². The second kappa shape index (κ2) is 7.70. The second-order valence-corrected chi connectivity index (χ2v) is 6.03. The number of hydrogen-bond donors (Lipinski definition) is 1. The third-order valence-corrected chi connectivity index (χ3v) is 4.46. The molecule has 1 amide bonds. The van der Waals surface area contributed by atoms with E-state index < -0.39 is 29.6 Å². The Hall–Kier alpha value is -2.02. The maximum atomic E-state index is 13.6. The third-order valence-electron chi connectivity index (χ3n) is 4.46. The minimum absolute atomic E-state index is 0.120. The van der Waals surface area contributed by atoms with Crippen molar-refractivity contribution in [1.29, 1.82) is 0 Å². The fourth-order valence-corrected chi connectivity index (χ4v) is 3.21. The molecular formula is C17H21F2NO4. The summed E-state index contributed by atoms with van der Waals surface area (Å²) in [5.74, 6) is -4.17. The molecule has 1 saturated heterocycles. The number of amides is 1. The number of carboxylic acid groups (broad SMARTS) is 1. The van der Waals surface area contributed by atoms with Gasteiger partial charge in [-0.2, -0.15) is 0 Å². The molecule has 0 bridgehead atoms. The molecule has 1 aliphatic rings. The summed E-state index contributed by atoms with van der Waals surface area (Å²) in [5, 5.41) is 9.53. The van der Waals surface area contributed by atoms with Gasteiger partial charge in [-0.15, -0.1) is 0 Å². The molecule has 0 aliphatic carbocycles. The molecule has 132 valence electrons. The van der Waals surface area contributed by atoms with E-state index in [1.54, 1.807) is 6.92 Å². The Morgan fingerprint density at radius 2 is 2.12 bits per heavy atom. The van der Waals surface area contributed by atoms with Gasteiger partial charge in [0.25, 0.3) is 0 Å². The molecule has 2 rings (SSSR count). The summed E-state index contributed by atoms with van der Waals surface area (Å²) in [7, 11) is 1.54. The van der Waals surface area contributed by atoms with Crippen molar-refractivity contribution in [3.63, 3.8) is 0 Å². The van der Waals surface area contributed by atoms with E-state index in [0.29, 0.717) is 18.6 Å². The van der Waals surface area contributed by atoms with E-state index in [2.05, 4.69) is 0 Å². The molecule has 0 saturated carbocycles. The molecule has 0 radical (unpaired) electrons. The van der Waals surface area contributed by atoms with Crippen LogP contribution in [0.2, 0.25) is 0 Å². The van der Waals surface area contributed by atoms with Crippen molar-refractivity contribution >= 4 is 11.9 Å². The van der Waals surface area contributed by atoms with Crippen LogP contribution in [0.4, 0.5) is 8.78 Å². The molecule has 0 aromatic heterocycles. The summed E-state index contributed by atoms with van der Waals surface area (Å²) in [6, 6.07) is 2.17. The highest BCUT2D eigenvalue weighted by molar-refractivity contribution is 5.82. The van der Waals surface area contributed by atoms with Crippen molar-refractivity contribution in [2.45, 2.75) is 38.3 Å². The van der Waals surface area contributed by atoms with Crippen molar-refractivity contribution in [3.05, 3.63) is 35.4 Å². The maximum Gasteiger partial charge on any atom is 0.308 e. The molecule has 0 spiro atoms. The summed E-state index contributed by atoms with van der Waals surface area (Å²) in [6.45, 7) is 2.21. The van der Waals surface area contributed by atoms with Crippen molar-refractivity contribution < 1.29 is 28.2 Å². The van der Waals surface area contributed by atoms with Crippen LogP contribution in [0, 0.1) is 17.6 Å². The Kier molecular flexibility index (Phi) is 5.88. The normalized spacial score (nSPS) is 22.5. The zero-order chi connectivity index (χ0) is 17.9. The number of piperidine rings is 1. The Labute approximate surface area is 139 Å². The van der Waals surface area contributed by atoms with Crippen LogP contribution in [-0.2, 0) is 14.3 Å². The van der Waals surface area contributed by atoms with Gasteiger partial charge in [-0.05, 0) is 37.5 Å². The minimum atomic E-state index is -1.06. The van der Waals surface area contributed by atoms with E-state index in [-0.39, 0.29) is 24.8 Å². The molecule has 1 aliphatic heterocycles. The van der Waals surface area contributed by atoms with E-state index in [4.69, 9.17) is 4.74 Å². The Morgan fingerprint density at radius 3 is 2.71 bits per heavy atom. The zero-order valence-electron chi connectivity index (χ0n) is 13.7. The van der Waals surface area contributed by atoms with Gasteiger partial charge >= 0.3 is 5.97 Å². The van der Waals surface area contributed by atoms with Gasteiger partial charge in [0.1, 0.15) is 0 Å². The number of methoxy groups -OCH3 is 1. The molecular weight excluding hydrogens is 320 g/mol. The molecule has 1 fully saturated rings. The number of rotatable bonds is 6. The fourth-order valence-electron chi connectivity index (χ4n) is 3.21. The van der Waals surface area contributed by atoms with Gasteiger partial charge in [0.15, 0.2) is 11.6 Å². The van der Waals surface area contributed by atoms with E-state index in [9.17, 15) is 23.5 Å².